The predicted octanol–water partition coefficient (Wildman–Crippen LogP) is 2.95. The van der Waals surface area contributed by atoms with Crippen molar-refractivity contribution in [1.82, 2.24) is 20.2 Å². The van der Waals surface area contributed by atoms with E-state index in [9.17, 15) is 0 Å². The lowest BCUT2D eigenvalue weighted by Crippen LogP contribution is -2.08. The van der Waals surface area contributed by atoms with Gasteiger partial charge in [0.2, 0.25) is 5.82 Å². The normalized spacial score (nSPS) is 11.8. The van der Waals surface area contributed by atoms with E-state index in [-0.39, 0.29) is 0 Å². The molecule has 0 aliphatic rings. The SMILES string of the molecule is CCn1nnc(-c2ccc(CC(C)(C)C)cc2)n1. The van der Waals surface area contributed by atoms with Gasteiger partial charge in [0.05, 0.1) is 6.54 Å². The quantitative estimate of drug-likeness (QED) is 0.833. The number of rotatable bonds is 3. The van der Waals surface area contributed by atoms with Crippen LogP contribution < -0.4 is 0 Å². The Hall–Kier alpha value is -1.71. The molecule has 1 aromatic carbocycles. The van der Waals surface area contributed by atoms with E-state index in [2.05, 4.69) is 60.4 Å². The van der Waals surface area contributed by atoms with Gasteiger partial charge in [0.1, 0.15) is 0 Å². The lowest BCUT2D eigenvalue weighted by Gasteiger charge is -2.17. The van der Waals surface area contributed by atoms with Crippen molar-refractivity contribution in [1.29, 1.82) is 0 Å². The fraction of sp³-hybridized carbons (Fsp3) is 0.500. The van der Waals surface area contributed by atoms with Gasteiger partial charge in [-0.1, -0.05) is 45.0 Å². The van der Waals surface area contributed by atoms with E-state index >= 15 is 0 Å². The van der Waals surface area contributed by atoms with E-state index < -0.39 is 0 Å². The molecule has 0 unspecified atom stereocenters. The van der Waals surface area contributed by atoms with Crippen LogP contribution in [0.5, 0.6) is 0 Å². The molecule has 4 heteroatoms. The van der Waals surface area contributed by atoms with E-state index in [1.54, 1.807) is 4.80 Å². The van der Waals surface area contributed by atoms with E-state index in [1.165, 1.54) is 5.56 Å². The molecule has 0 radical (unpaired) electrons. The maximum Gasteiger partial charge on any atom is 0.204 e. The van der Waals surface area contributed by atoms with Gasteiger partial charge in [-0.3, -0.25) is 0 Å². The first-order valence-electron chi connectivity index (χ1n) is 6.35. The minimum absolute atomic E-state index is 0.311. The molecule has 0 saturated heterocycles. The Morgan fingerprint density at radius 2 is 1.78 bits per heavy atom. The summed E-state index contributed by atoms with van der Waals surface area (Å²) in [4.78, 5) is 1.60. The summed E-state index contributed by atoms with van der Waals surface area (Å²) in [5.41, 5.74) is 2.67. The minimum Gasteiger partial charge on any atom is -0.164 e. The fourth-order valence-corrected chi connectivity index (χ4v) is 1.88. The van der Waals surface area contributed by atoms with Crippen LogP contribution in [0.25, 0.3) is 11.4 Å². The Labute approximate surface area is 108 Å². The molecule has 1 aromatic heterocycles. The van der Waals surface area contributed by atoms with Gasteiger partial charge < -0.3 is 0 Å². The molecule has 4 nitrogen and oxygen atoms in total. The van der Waals surface area contributed by atoms with Gasteiger partial charge in [-0.15, -0.1) is 10.2 Å². The number of hydrogen-bond donors (Lipinski definition) is 0. The highest BCUT2D eigenvalue weighted by Crippen LogP contribution is 2.22. The molecule has 0 fully saturated rings. The van der Waals surface area contributed by atoms with Crippen LogP contribution in [0, 0.1) is 5.41 Å². The van der Waals surface area contributed by atoms with Crippen LogP contribution in [0.4, 0.5) is 0 Å². The van der Waals surface area contributed by atoms with Gasteiger partial charge in [-0.25, -0.2) is 0 Å². The van der Waals surface area contributed by atoms with Crippen LogP contribution in [0.2, 0.25) is 0 Å². The first-order chi connectivity index (χ1) is 8.48. The summed E-state index contributed by atoms with van der Waals surface area (Å²) < 4.78 is 0. The third kappa shape index (κ3) is 3.15. The van der Waals surface area contributed by atoms with Crippen molar-refractivity contribution in [2.24, 2.45) is 5.41 Å². The topological polar surface area (TPSA) is 43.6 Å². The summed E-state index contributed by atoms with van der Waals surface area (Å²) in [6, 6.07) is 8.43. The maximum atomic E-state index is 4.30. The van der Waals surface area contributed by atoms with Crippen LogP contribution in [-0.2, 0) is 13.0 Å². The molecule has 0 atom stereocenters. The summed E-state index contributed by atoms with van der Waals surface area (Å²) in [6.07, 6.45) is 1.07. The highest BCUT2D eigenvalue weighted by Gasteiger charge is 2.11. The molecule has 0 bridgehead atoms. The first kappa shape index (κ1) is 12.7. The van der Waals surface area contributed by atoms with Crippen molar-refractivity contribution in [2.45, 2.75) is 40.7 Å². The Morgan fingerprint density at radius 3 is 2.28 bits per heavy atom. The second-order valence-corrected chi connectivity index (χ2v) is 5.74. The molecule has 0 saturated carbocycles. The number of nitrogens with zero attached hydrogens (tertiary/aromatic N) is 4. The Morgan fingerprint density at radius 1 is 1.11 bits per heavy atom. The fourth-order valence-electron chi connectivity index (χ4n) is 1.88. The third-order valence-corrected chi connectivity index (χ3v) is 2.68. The average molecular weight is 244 g/mol. The molecule has 0 aliphatic carbocycles. The van der Waals surface area contributed by atoms with Crippen LogP contribution >= 0.6 is 0 Å². The van der Waals surface area contributed by atoms with Crippen molar-refractivity contribution in [3.05, 3.63) is 29.8 Å². The summed E-state index contributed by atoms with van der Waals surface area (Å²) in [7, 11) is 0. The highest BCUT2D eigenvalue weighted by atomic mass is 15.6. The van der Waals surface area contributed by atoms with Gasteiger partial charge >= 0.3 is 0 Å². The zero-order valence-electron chi connectivity index (χ0n) is 11.5. The smallest absolute Gasteiger partial charge is 0.164 e. The summed E-state index contributed by atoms with van der Waals surface area (Å²) in [5.74, 6) is 0.694. The zero-order chi connectivity index (χ0) is 13.2. The number of aromatic nitrogens is 4. The van der Waals surface area contributed by atoms with E-state index in [0.29, 0.717) is 11.2 Å². The number of aryl methyl sites for hydroxylation is 1. The maximum absolute atomic E-state index is 4.30. The largest absolute Gasteiger partial charge is 0.204 e. The molecule has 0 N–H and O–H groups in total. The third-order valence-electron chi connectivity index (χ3n) is 2.68. The molecular weight excluding hydrogens is 224 g/mol. The monoisotopic (exact) mass is 244 g/mol. The number of benzene rings is 1. The van der Waals surface area contributed by atoms with Gasteiger partial charge in [-0.2, -0.15) is 4.80 Å². The molecule has 18 heavy (non-hydrogen) atoms. The van der Waals surface area contributed by atoms with Gasteiger partial charge in [0.25, 0.3) is 0 Å². The van der Waals surface area contributed by atoms with E-state index in [1.807, 2.05) is 6.92 Å². The van der Waals surface area contributed by atoms with E-state index in [0.717, 1.165) is 18.5 Å². The summed E-state index contributed by atoms with van der Waals surface area (Å²) in [5, 5.41) is 12.3. The summed E-state index contributed by atoms with van der Waals surface area (Å²) in [6.45, 7) is 9.48. The van der Waals surface area contributed by atoms with Gasteiger partial charge in [0, 0.05) is 5.56 Å². The molecule has 0 spiro atoms. The molecule has 96 valence electrons. The minimum atomic E-state index is 0.311. The van der Waals surface area contributed by atoms with Gasteiger partial charge in [-0.05, 0) is 29.5 Å². The van der Waals surface area contributed by atoms with Crippen LogP contribution in [0.15, 0.2) is 24.3 Å². The molecule has 2 aromatic rings. The predicted molar refractivity (Wildman–Crippen MR) is 72.1 cm³/mol. The van der Waals surface area contributed by atoms with Crippen molar-refractivity contribution >= 4 is 0 Å². The Kier molecular flexibility index (Phi) is 3.45. The van der Waals surface area contributed by atoms with Crippen molar-refractivity contribution < 1.29 is 0 Å². The van der Waals surface area contributed by atoms with E-state index in [4.69, 9.17) is 0 Å². The molecule has 0 amide bonds. The molecular formula is C14H20N4. The highest BCUT2D eigenvalue weighted by molar-refractivity contribution is 5.54. The molecule has 2 rings (SSSR count). The summed E-state index contributed by atoms with van der Waals surface area (Å²) >= 11 is 0. The van der Waals surface area contributed by atoms with Crippen molar-refractivity contribution in [2.75, 3.05) is 0 Å². The average Bonchev–Trinajstić information content (AvgIpc) is 2.76. The Bertz CT molecular complexity index is 505. The first-order valence-corrected chi connectivity index (χ1v) is 6.35. The number of hydrogen-bond acceptors (Lipinski definition) is 3. The van der Waals surface area contributed by atoms with Crippen LogP contribution in [0.1, 0.15) is 33.3 Å². The van der Waals surface area contributed by atoms with Gasteiger partial charge in [0.15, 0.2) is 0 Å². The molecule has 1 heterocycles. The second kappa shape index (κ2) is 4.88. The second-order valence-electron chi connectivity index (χ2n) is 5.74. The van der Waals surface area contributed by atoms with Crippen LogP contribution in [0.3, 0.4) is 0 Å². The molecule has 0 aliphatic heterocycles. The lowest BCUT2D eigenvalue weighted by atomic mass is 9.88. The zero-order valence-corrected chi connectivity index (χ0v) is 11.5. The van der Waals surface area contributed by atoms with Crippen molar-refractivity contribution in [3.63, 3.8) is 0 Å². The van der Waals surface area contributed by atoms with Crippen LogP contribution in [-0.4, -0.2) is 20.2 Å². The Balaban J connectivity index is 2.17. The van der Waals surface area contributed by atoms with Crippen molar-refractivity contribution in [3.8, 4) is 11.4 Å². The lowest BCUT2D eigenvalue weighted by molar-refractivity contribution is 0.411. The standard InChI is InChI=1S/C14H20N4/c1-5-18-16-13(15-17-18)12-8-6-11(7-9-12)10-14(2,3)4/h6-9H,5,10H2,1-4H3. The number of tetrazole rings is 1.